The zero-order valence-electron chi connectivity index (χ0n) is 19.4. The first-order valence-corrected chi connectivity index (χ1v) is 12.2. The summed E-state index contributed by atoms with van der Waals surface area (Å²) in [6, 6.07) is 18.6. The number of sulfonamides is 1. The molecule has 182 valence electrons. The molecule has 0 saturated carbocycles. The molecular weight excluding hydrogens is 470 g/mol. The first-order valence-electron chi connectivity index (χ1n) is 10.7. The number of fused-ring (bicyclic) bond motifs is 1. The van der Waals surface area contributed by atoms with Gasteiger partial charge in [0.1, 0.15) is 5.75 Å². The van der Waals surface area contributed by atoms with Crippen LogP contribution in [0, 0.1) is 11.3 Å². The van der Waals surface area contributed by atoms with Gasteiger partial charge in [0.25, 0.3) is 5.91 Å². The van der Waals surface area contributed by atoms with Crippen LogP contribution in [-0.2, 0) is 26.1 Å². The van der Waals surface area contributed by atoms with Gasteiger partial charge in [-0.15, -0.1) is 0 Å². The molecule has 0 saturated heterocycles. The molecule has 35 heavy (non-hydrogen) atoms. The van der Waals surface area contributed by atoms with Gasteiger partial charge in [0.2, 0.25) is 10.0 Å². The van der Waals surface area contributed by atoms with Gasteiger partial charge in [-0.05, 0) is 58.8 Å². The Labute approximate surface area is 203 Å². The molecule has 0 aliphatic heterocycles. The van der Waals surface area contributed by atoms with Crippen LogP contribution in [0.5, 0.6) is 5.75 Å². The van der Waals surface area contributed by atoms with Gasteiger partial charge in [0, 0.05) is 26.6 Å². The number of esters is 1. The Balaban J connectivity index is 1.54. The molecule has 0 aliphatic rings. The Morgan fingerprint density at radius 1 is 1.03 bits per heavy atom. The van der Waals surface area contributed by atoms with Gasteiger partial charge >= 0.3 is 5.97 Å². The van der Waals surface area contributed by atoms with Gasteiger partial charge in [-0.1, -0.05) is 18.2 Å². The third-order valence-electron chi connectivity index (χ3n) is 5.21. The van der Waals surface area contributed by atoms with Crippen LogP contribution in [0.4, 0.5) is 0 Å². The van der Waals surface area contributed by atoms with E-state index in [0.717, 1.165) is 22.1 Å². The number of nitrogens with zero attached hydrogens (tertiary/aromatic N) is 2. The summed E-state index contributed by atoms with van der Waals surface area (Å²) in [5, 5.41) is 10.6. The highest BCUT2D eigenvalue weighted by Gasteiger charge is 2.17. The molecule has 0 unspecified atom stereocenters. The van der Waals surface area contributed by atoms with Crippen LogP contribution in [0.2, 0.25) is 0 Å². The summed E-state index contributed by atoms with van der Waals surface area (Å²) in [6.45, 7) is -0.119. The number of hydrogen-bond acceptors (Lipinski definition) is 7. The van der Waals surface area contributed by atoms with Gasteiger partial charge in [-0.2, -0.15) is 5.26 Å². The monoisotopic (exact) mass is 495 g/mol. The number of carbonyl (C=O) groups excluding carboxylic acids is 2. The molecule has 0 atom stereocenters. The van der Waals surface area contributed by atoms with Gasteiger partial charge in [-0.3, -0.25) is 4.79 Å². The molecule has 0 bridgehead atoms. The number of amides is 1. The minimum atomic E-state index is -3.78. The molecule has 0 heterocycles. The Morgan fingerprint density at radius 2 is 1.71 bits per heavy atom. The molecule has 3 aromatic carbocycles. The van der Waals surface area contributed by atoms with E-state index < -0.39 is 22.6 Å². The Hall–Kier alpha value is -3.94. The summed E-state index contributed by atoms with van der Waals surface area (Å²) in [5.41, 5.74) is 1.03. The van der Waals surface area contributed by atoms with Crippen molar-refractivity contribution in [1.29, 1.82) is 5.26 Å². The minimum Gasteiger partial charge on any atom is -0.497 e. The summed E-state index contributed by atoms with van der Waals surface area (Å²) in [7, 11) is -0.549. The molecule has 0 radical (unpaired) electrons. The molecule has 0 spiro atoms. The van der Waals surface area contributed by atoms with Crippen LogP contribution >= 0.6 is 0 Å². The zero-order valence-corrected chi connectivity index (χ0v) is 20.2. The van der Waals surface area contributed by atoms with Crippen LogP contribution < -0.4 is 9.46 Å². The van der Waals surface area contributed by atoms with Crippen molar-refractivity contribution in [3.8, 4) is 11.8 Å². The predicted octanol–water partition coefficient (Wildman–Crippen LogP) is 2.86. The molecule has 0 aliphatic carbocycles. The first-order chi connectivity index (χ1) is 16.7. The van der Waals surface area contributed by atoms with Crippen molar-refractivity contribution in [2.75, 3.05) is 27.3 Å². The summed E-state index contributed by atoms with van der Waals surface area (Å²) in [4.78, 5) is 26.2. The van der Waals surface area contributed by atoms with E-state index in [1.807, 2.05) is 42.5 Å². The summed E-state index contributed by atoms with van der Waals surface area (Å²) in [5.74, 6) is -0.357. The van der Waals surface area contributed by atoms with Crippen molar-refractivity contribution < 1.29 is 27.5 Å². The SMILES string of the molecule is COc1ccc2cc(CN(C)C(=O)COC(=O)c3ccc(S(=O)(=O)NCCC#N)cc3)ccc2c1. The lowest BCUT2D eigenvalue weighted by molar-refractivity contribution is -0.133. The van der Waals surface area contributed by atoms with Crippen LogP contribution in [0.3, 0.4) is 0 Å². The lowest BCUT2D eigenvalue weighted by Crippen LogP contribution is -2.30. The highest BCUT2D eigenvalue weighted by Crippen LogP contribution is 2.22. The fourth-order valence-corrected chi connectivity index (χ4v) is 4.31. The fourth-order valence-electron chi connectivity index (χ4n) is 3.28. The van der Waals surface area contributed by atoms with E-state index in [1.165, 1.54) is 29.2 Å². The molecule has 3 aromatic rings. The van der Waals surface area contributed by atoms with Crippen molar-refractivity contribution in [2.24, 2.45) is 0 Å². The zero-order chi connectivity index (χ0) is 25.4. The first kappa shape index (κ1) is 25.7. The van der Waals surface area contributed by atoms with E-state index in [4.69, 9.17) is 14.7 Å². The number of carbonyl (C=O) groups is 2. The average Bonchev–Trinajstić information content (AvgIpc) is 2.86. The Morgan fingerprint density at radius 3 is 2.40 bits per heavy atom. The quantitative estimate of drug-likeness (QED) is 0.339. The second-order valence-electron chi connectivity index (χ2n) is 7.70. The number of ether oxygens (including phenoxy) is 2. The lowest BCUT2D eigenvalue weighted by atomic mass is 10.1. The van der Waals surface area contributed by atoms with Gasteiger partial charge in [0.05, 0.1) is 23.6 Å². The molecule has 1 N–H and O–H groups in total. The third-order valence-corrected chi connectivity index (χ3v) is 6.69. The largest absolute Gasteiger partial charge is 0.497 e. The average molecular weight is 496 g/mol. The molecular formula is C25H25N3O6S. The highest BCUT2D eigenvalue weighted by molar-refractivity contribution is 7.89. The molecule has 9 nitrogen and oxygen atoms in total. The number of rotatable bonds is 10. The maximum Gasteiger partial charge on any atom is 0.338 e. The molecule has 3 rings (SSSR count). The van der Waals surface area contributed by atoms with E-state index in [2.05, 4.69) is 4.72 Å². The maximum absolute atomic E-state index is 12.5. The predicted molar refractivity (Wildman–Crippen MR) is 129 cm³/mol. The second-order valence-corrected chi connectivity index (χ2v) is 9.47. The fraction of sp³-hybridized carbons (Fsp3) is 0.240. The number of hydrogen-bond donors (Lipinski definition) is 1. The topological polar surface area (TPSA) is 126 Å². The minimum absolute atomic E-state index is 0.00773. The standard InChI is InChI=1S/C25H25N3O6S/c1-28(16-18-4-5-21-15-22(33-2)9-6-20(21)14-18)24(29)17-34-25(30)19-7-10-23(11-8-19)35(31,32)27-13-3-12-26/h4-11,14-15,27H,3,13,16-17H2,1-2H3. The normalized spacial score (nSPS) is 11.0. The van der Waals surface area contributed by atoms with Gasteiger partial charge < -0.3 is 14.4 Å². The molecule has 0 aromatic heterocycles. The van der Waals surface area contributed by atoms with Gasteiger partial charge in [0.15, 0.2) is 6.61 Å². The summed E-state index contributed by atoms with van der Waals surface area (Å²) < 4.78 is 36.9. The van der Waals surface area contributed by atoms with E-state index in [-0.39, 0.29) is 29.3 Å². The van der Waals surface area contributed by atoms with E-state index in [9.17, 15) is 18.0 Å². The third kappa shape index (κ3) is 6.79. The molecule has 0 fully saturated rings. The molecule has 10 heteroatoms. The smallest absolute Gasteiger partial charge is 0.338 e. The van der Waals surface area contributed by atoms with Crippen molar-refractivity contribution in [1.82, 2.24) is 9.62 Å². The van der Waals surface area contributed by atoms with Gasteiger partial charge in [-0.25, -0.2) is 17.9 Å². The Bertz CT molecular complexity index is 1360. The summed E-state index contributed by atoms with van der Waals surface area (Å²) >= 11 is 0. The van der Waals surface area contributed by atoms with Crippen molar-refractivity contribution in [3.05, 3.63) is 71.8 Å². The van der Waals surface area contributed by atoms with E-state index in [0.29, 0.717) is 6.54 Å². The molecule has 1 amide bonds. The number of benzene rings is 3. The van der Waals surface area contributed by atoms with E-state index >= 15 is 0 Å². The van der Waals surface area contributed by atoms with Crippen LogP contribution in [0.25, 0.3) is 10.8 Å². The van der Waals surface area contributed by atoms with Crippen molar-refractivity contribution in [2.45, 2.75) is 17.9 Å². The lowest BCUT2D eigenvalue weighted by Gasteiger charge is -2.17. The number of nitriles is 1. The van der Waals surface area contributed by atoms with Crippen LogP contribution in [0.1, 0.15) is 22.3 Å². The van der Waals surface area contributed by atoms with Crippen molar-refractivity contribution in [3.63, 3.8) is 0 Å². The summed E-state index contributed by atoms with van der Waals surface area (Å²) in [6.07, 6.45) is 0.0439. The van der Waals surface area contributed by atoms with Crippen LogP contribution in [0.15, 0.2) is 65.6 Å². The Kier molecular flexibility index (Phi) is 8.41. The number of nitrogens with one attached hydrogen (secondary N) is 1. The number of methoxy groups -OCH3 is 1. The second kappa shape index (κ2) is 11.5. The number of likely N-dealkylation sites (N-methyl/N-ethyl adjacent to an activating group) is 1. The van der Waals surface area contributed by atoms with E-state index in [1.54, 1.807) is 14.2 Å². The van der Waals surface area contributed by atoms with Crippen molar-refractivity contribution >= 4 is 32.7 Å². The highest BCUT2D eigenvalue weighted by atomic mass is 32.2. The van der Waals surface area contributed by atoms with Crippen LogP contribution in [-0.4, -0.2) is 52.5 Å². The maximum atomic E-state index is 12.5.